The molecule has 0 saturated heterocycles. The Labute approximate surface area is 194 Å². The van der Waals surface area contributed by atoms with Crippen molar-refractivity contribution in [3.63, 3.8) is 0 Å². The number of rotatable bonds is 7. The number of carbonyl (C=O) groups excluding carboxylic acids is 1. The largest absolute Gasteiger partial charge is 0.507 e. The van der Waals surface area contributed by atoms with Gasteiger partial charge in [-0.05, 0) is 47.5 Å². The van der Waals surface area contributed by atoms with Gasteiger partial charge in [-0.25, -0.2) is 9.18 Å². The lowest BCUT2D eigenvalue weighted by Gasteiger charge is -2.19. The SMILES string of the molecule is COc1ccc([C@H](CC(=O)NCc2ccc(F)cc2)c2c(O)c3ccccc3oc2=O)cc1O. The maximum Gasteiger partial charge on any atom is 0.343 e. The van der Waals surface area contributed by atoms with Crippen LogP contribution in [0.15, 0.2) is 75.9 Å². The Bertz CT molecular complexity index is 1400. The van der Waals surface area contributed by atoms with Gasteiger partial charge in [0.2, 0.25) is 5.91 Å². The minimum absolute atomic E-state index is 0.0970. The van der Waals surface area contributed by atoms with E-state index in [-0.39, 0.29) is 47.2 Å². The number of halogens is 1. The normalized spacial score (nSPS) is 11.8. The zero-order chi connectivity index (χ0) is 24.2. The molecular weight excluding hydrogens is 441 g/mol. The minimum atomic E-state index is -0.925. The molecular formula is C26H22FNO6. The van der Waals surface area contributed by atoms with E-state index < -0.39 is 17.5 Å². The molecule has 0 bridgehead atoms. The molecule has 0 aliphatic carbocycles. The summed E-state index contributed by atoms with van der Waals surface area (Å²) in [5.41, 5.74) is 0.434. The minimum Gasteiger partial charge on any atom is -0.507 e. The maximum atomic E-state index is 13.1. The number of amides is 1. The van der Waals surface area contributed by atoms with E-state index >= 15 is 0 Å². The number of hydrogen-bond donors (Lipinski definition) is 3. The summed E-state index contributed by atoms with van der Waals surface area (Å²) in [6.07, 6.45) is -0.219. The molecule has 0 aliphatic heterocycles. The molecule has 1 atom stereocenters. The van der Waals surface area contributed by atoms with Gasteiger partial charge in [0.05, 0.1) is 18.1 Å². The standard InChI is InChI=1S/C26H22FNO6/c1-33-22-11-8-16(12-20(22)29)19(13-23(30)28-14-15-6-9-17(27)10-7-15)24-25(31)18-4-2-3-5-21(18)34-26(24)32/h2-12,19,29,31H,13-14H2,1H3,(H,28,30)/t19-/m0/s1. The van der Waals surface area contributed by atoms with Crippen molar-refractivity contribution in [2.24, 2.45) is 0 Å². The van der Waals surface area contributed by atoms with Crippen LogP contribution in [-0.4, -0.2) is 23.2 Å². The smallest absolute Gasteiger partial charge is 0.343 e. The second kappa shape index (κ2) is 9.66. The van der Waals surface area contributed by atoms with Crippen LogP contribution in [0, 0.1) is 5.82 Å². The summed E-state index contributed by atoms with van der Waals surface area (Å²) < 4.78 is 23.6. The van der Waals surface area contributed by atoms with Crippen molar-refractivity contribution in [1.82, 2.24) is 5.32 Å². The van der Waals surface area contributed by atoms with Gasteiger partial charge < -0.3 is 24.7 Å². The number of phenols is 1. The molecule has 34 heavy (non-hydrogen) atoms. The molecule has 1 amide bonds. The number of carbonyl (C=O) groups is 1. The van der Waals surface area contributed by atoms with Crippen molar-refractivity contribution in [1.29, 1.82) is 0 Å². The number of para-hydroxylation sites is 1. The van der Waals surface area contributed by atoms with E-state index in [4.69, 9.17) is 9.15 Å². The summed E-state index contributed by atoms with van der Waals surface area (Å²) in [6.45, 7) is 0.151. The van der Waals surface area contributed by atoms with Crippen molar-refractivity contribution in [3.05, 3.63) is 99.7 Å². The zero-order valence-electron chi connectivity index (χ0n) is 18.2. The highest BCUT2D eigenvalue weighted by Crippen LogP contribution is 2.38. The third-order valence-corrected chi connectivity index (χ3v) is 5.57. The molecule has 4 aromatic rings. The summed E-state index contributed by atoms with van der Waals surface area (Å²) >= 11 is 0. The quantitative estimate of drug-likeness (QED) is 0.355. The lowest BCUT2D eigenvalue weighted by molar-refractivity contribution is -0.121. The lowest BCUT2D eigenvalue weighted by atomic mass is 9.87. The molecule has 0 unspecified atom stereocenters. The molecule has 4 rings (SSSR count). The van der Waals surface area contributed by atoms with E-state index in [1.165, 1.54) is 31.4 Å². The molecule has 1 aromatic heterocycles. The van der Waals surface area contributed by atoms with E-state index in [1.54, 1.807) is 42.5 Å². The van der Waals surface area contributed by atoms with Crippen LogP contribution < -0.4 is 15.7 Å². The van der Waals surface area contributed by atoms with E-state index in [9.17, 15) is 24.2 Å². The van der Waals surface area contributed by atoms with Gasteiger partial charge in [0.25, 0.3) is 0 Å². The second-order valence-corrected chi connectivity index (χ2v) is 7.74. The molecule has 3 N–H and O–H groups in total. The van der Waals surface area contributed by atoms with Gasteiger partial charge in [0.1, 0.15) is 17.1 Å². The first kappa shape index (κ1) is 22.8. The first-order chi connectivity index (χ1) is 16.4. The summed E-state index contributed by atoms with van der Waals surface area (Å²) in [5.74, 6) is -1.98. The van der Waals surface area contributed by atoms with Crippen LogP contribution in [0.3, 0.4) is 0 Å². The number of phenolic OH excluding ortho intramolecular Hbond substituents is 1. The first-order valence-corrected chi connectivity index (χ1v) is 10.5. The number of methoxy groups -OCH3 is 1. The molecule has 0 radical (unpaired) electrons. The van der Waals surface area contributed by atoms with Crippen molar-refractivity contribution < 1.29 is 28.6 Å². The molecule has 0 aliphatic rings. The lowest BCUT2D eigenvalue weighted by Crippen LogP contribution is -2.26. The Hall–Kier alpha value is -4.33. The molecule has 174 valence electrons. The molecule has 1 heterocycles. The van der Waals surface area contributed by atoms with Crippen LogP contribution in [0.4, 0.5) is 4.39 Å². The van der Waals surface area contributed by atoms with Gasteiger partial charge in [-0.15, -0.1) is 0 Å². The molecule has 7 nitrogen and oxygen atoms in total. The predicted octanol–water partition coefficient (Wildman–Crippen LogP) is 4.19. The Morgan fingerprint density at radius 3 is 2.53 bits per heavy atom. The Morgan fingerprint density at radius 1 is 1.09 bits per heavy atom. The van der Waals surface area contributed by atoms with Crippen LogP contribution in [0.2, 0.25) is 0 Å². The number of fused-ring (bicyclic) bond motifs is 1. The molecule has 8 heteroatoms. The molecule has 0 fully saturated rings. The number of aromatic hydroxyl groups is 2. The highest BCUT2D eigenvalue weighted by molar-refractivity contribution is 5.85. The van der Waals surface area contributed by atoms with Crippen LogP contribution in [-0.2, 0) is 11.3 Å². The second-order valence-electron chi connectivity index (χ2n) is 7.74. The van der Waals surface area contributed by atoms with E-state index in [0.717, 1.165) is 0 Å². The predicted molar refractivity (Wildman–Crippen MR) is 124 cm³/mol. The van der Waals surface area contributed by atoms with E-state index in [2.05, 4.69) is 5.32 Å². The van der Waals surface area contributed by atoms with Gasteiger partial charge in [-0.1, -0.05) is 30.3 Å². The van der Waals surface area contributed by atoms with Crippen LogP contribution >= 0.6 is 0 Å². The van der Waals surface area contributed by atoms with E-state index in [0.29, 0.717) is 16.5 Å². The van der Waals surface area contributed by atoms with E-state index in [1.807, 2.05) is 0 Å². The number of benzene rings is 3. The number of ether oxygens (including phenoxy) is 1. The number of nitrogens with one attached hydrogen (secondary N) is 1. The van der Waals surface area contributed by atoms with Crippen molar-refractivity contribution >= 4 is 16.9 Å². The molecule has 3 aromatic carbocycles. The summed E-state index contributed by atoms with van der Waals surface area (Å²) in [5, 5.41) is 24.3. The fourth-order valence-electron chi connectivity index (χ4n) is 3.83. The van der Waals surface area contributed by atoms with Crippen molar-refractivity contribution in [2.75, 3.05) is 7.11 Å². The fraction of sp³-hybridized carbons (Fsp3) is 0.154. The Kier molecular flexibility index (Phi) is 6.49. The average molecular weight is 463 g/mol. The van der Waals surface area contributed by atoms with Crippen LogP contribution in [0.25, 0.3) is 11.0 Å². The summed E-state index contributed by atoms with van der Waals surface area (Å²) in [6, 6.07) is 16.7. The van der Waals surface area contributed by atoms with Gasteiger partial charge in [0.15, 0.2) is 11.5 Å². The topological polar surface area (TPSA) is 109 Å². The molecule has 0 spiro atoms. The fourth-order valence-corrected chi connectivity index (χ4v) is 3.83. The maximum absolute atomic E-state index is 13.1. The van der Waals surface area contributed by atoms with Crippen molar-refractivity contribution in [2.45, 2.75) is 18.9 Å². The monoisotopic (exact) mass is 463 g/mol. The Morgan fingerprint density at radius 2 is 1.82 bits per heavy atom. The van der Waals surface area contributed by atoms with Gasteiger partial charge in [0, 0.05) is 18.9 Å². The number of hydrogen-bond acceptors (Lipinski definition) is 6. The average Bonchev–Trinajstić information content (AvgIpc) is 2.83. The summed E-state index contributed by atoms with van der Waals surface area (Å²) in [7, 11) is 1.40. The highest BCUT2D eigenvalue weighted by atomic mass is 19.1. The van der Waals surface area contributed by atoms with Gasteiger partial charge in [-0.3, -0.25) is 4.79 Å². The van der Waals surface area contributed by atoms with Crippen LogP contribution in [0.1, 0.15) is 29.0 Å². The molecule has 0 saturated carbocycles. The third kappa shape index (κ3) is 4.71. The van der Waals surface area contributed by atoms with Gasteiger partial charge >= 0.3 is 5.63 Å². The van der Waals surface area contributed by atoms with Crippen molar-refractivity contribution in [3.8, 4) is 17.2 Å². The summed E-state index contributed by atoms with van der Waals surface area (Å²) in [4.78, 5) is 25.7. The van der Waals surface area contributed by atoms with Crippen LogP contribution in [0.5, 0.6) is 17.2 Å². The Balaban J connectivity index is 1.71. The zero-order valence-corrected chi connectivity index (χ0v) is 18.2. The first-order valence-electron chi connectivity index (χ1n) is 10.5. The van der Waals surface area contributed by atoms with Gasteiger partial charge in [-0.2, -0.15) is 0 Å². The third-order valence-electron chi connectivity index (χ3n) is 5.57. The highest BCUT2D eigenvalue weighted by Gasteiger charge is 2.27.